The van der Waals surface area contributed by atoms with E-state index in [0.717, 1.165) is 22.5 Å². The number of benzene rings is 6. The van der Waals surface area contributed by atoms with Crippen LogP contribution < -0.4 is 0 Å². The fourth-order valence-corrected chi connectivity index (χ4v) is 11.7. The Morgan fingerprint density at radius 1 is 0.333 bits per heavy atom. The fraction of sp³-hybridized carbons (Fsp3) is 0.0417. The molecule has 2 aromatic heterocycles. The predicted molar refractivity (Wildman–Crippen MR) is 218 cm³/mol. The number of allylic oxidation sites excluding steroid dienone is 2. The normalized spacial score (nSPS) is 14.1. The van der Waals surface area contributed by atoms with E-state index in [1.165, 1.54) is 65.3 Å². The highest BCUT2D eigenvalue weighted by atomic mass is 28.3. The Morgan fingerprint density at radius 3 is 1.10 bits per heavy atom. The van der Waals surface area contributed by atoms with E-state index in [1.54, 1.807) is 0 Å². The molecule has 0 amide bonds. The van der Waals surface area contributed by atoms with E-state index in [-0.39, 0.29) is 0 Å². The largest absolute Gasteiger partial charge is 0.256 e. The van der Waals surface area contributed by atoms with Gasteiger partial charge in [-0.25, -0.2) is 0 Å². The monoisotopic (exact) mass is 668 g/mol. The van der Waals surface area contributed by atoms with E-state index >= 15 is 0 Å². The molecule has 2 nitrogen and oxygen atoms in total. The zero-order valence-corrected chi connectivity index (χ0v) is 29.7. The first kappa shape index (κ1) is 30.9. The first-order valence-electron chi connectivity index (χ1n) is 17.6. The predicted octanol–water partition coefficient (Wildman–Crippen LogP) is 12.4. The number of pyridine rings is 2. The molecule has 0 N–H and O–H groups in total. The van der Waals surface area contributed by atoms with Crippen molar-refractivity contribution in [3.05, 3.63) is 205 Å². The molecule has 0 unspecified atom stereocenters. The molecule has 0 bridgehead atoms. The van der Waals surface area contributed by atoms with Crippen LogP contribution in [0.25, 0.3) is 65.6 Å². The Kier molecular flexibility index (Phi) is 7.64. The topological polar surface area (TPSA) is 25.8 Å². The molecule has 8 aromatic rings. The lowest BCUT2D eigenvalue weighted by molar-refractivity contribution is 1.31. The minimum Gasteiger partial charge on any atom is -0.256 e. The van der Waals surface area contributed by atoms with Gasteiger partial charge < -0.3 is 0 Å². The number of nitrogens with zero attached hydrogens (tertiary/aromatic N) is 2. The van der Waals surface area contributed by atoms with Crippen molar-refractivity contribution in [1.82, 2.24) is 9.97 Å². The van der Waals surface area contributed by atoms with Crippen molar-refractivity contribution in [2.24, 2.45) is 0 Å². The molecule has 0 spiro atoms. The van der Waals surface area contributed by atoms with Crippen LogP contribution in [0.1, 0.15) is 22.3 Å². The van der Waals surface area contributed by atoms with Gasteiger partial charge in [-0.05, 0) is 89.6 Å². The molecule has 0 atom stereocenters. The molecule has 0 aliphatic carbocycles. The van der Waals surface area contributed by atoms with Crippen molar-refractivity contribution in [2.45, 2.75) is 13.1 Å². The zero-order chi connectivity index (χ0) is 34.4. The molecule has 0 saturated carbocycles. The first-order chi connectivity index (χ1) is 25.0. The van der Waals surface area contributed by atoms with Crippen molar-refractivity contribution in [3.8, 4) is 22.5 Å². The van der Waals surface area contributed by atoms with E-state index < -0.39 is 8.07 Å². The molecule has 0 saturated heterocycles. The third kappa shape index (κ3) is 5.53. The average molecular weight is 669 g/mol. The van der Waals surface area contributed by atoms with Crippen LogP contribution in [0.5, 0.6) is 0 Å². The molecule has 51 heavy (non-hydrogen) atoms. The SMILES string of the molecule is C[Si]1(C)C(c2ccc(-c3ccc4ccccc4c3)nc2)=C(c2ccccc2)C(c2ccccc2)=C1c1ccc(-c2ccc3ccccc3c2)nc1. The Labute approximate surface area is 300 Å². The second kappa shape index (κ2) is 12.6. The molecule has 0 fully saturated rings. The third-order valence-corrected chi connectivity index (χ3v) is 13.9. The molecular formula is C48H36N2Si. The van der Waals surface area contributed by atoms with Crippen LogP contribution in [0.4, 0.5) is 0 Å². The molecule has 0 radical (unpaired) electrons. The van der Waals surface area contributed by atoms with Crippen molar-refractivity contribution in [2.75, 3.05) is 0 Å². The maximum absolute atomic E-state index is 5.11. The maximum atomic E-state index is 5.11. The summed E-state index contributed by atoms with van der Waals surface area (Å²) in [6.45, 7) is 4.98. The van der Waals surface area contributed by atoms with Crippen LogP contribution in [0.2, 0.25) is 13.1 Å². The highest BCUT2D eigenvalue weighted by Gasteiger charge is 2.44. The number of fused-ring (bicyclic) bond motifs is 2. The maximum Gasteiger partial charge on any atom is 0.115 e. The zero-order valence-electron chi connectivity index (χ0n) is 28.7. The summed E-state index contributed by atoms with van der Waals surface area (Å²) in [5, 5.41) is 7.72. The molecule has 1 aliphatic heterocycles. The highest BCUT2D eigenvalue weighted by Crippen LogP contribution is 2.55. The number of aromatic nitrogens is 2. The van der Waals surface area contributed by atoms with Crippen LogP contribution in [0.15, 0.2) is 182 Å². The van der Waals surface area contributed by atoms with Crippen molar-refractivity contribution in [3.63, 3.8) is 0 Å². The van der Waals surface area contributed by atoms with Gasteiger partial charge in [0.1, 0.15) is 8.07 Å². The van der Waals surface area contributed by atoms with Gasteiger partial charge in [-0.15, -0.1) is 0 Å². The van der Waals surface area contributed by atoms with E-state index in [0.29, 0.717) is 0 Å². The first-order valence-corrected chi connectivity index (χ1v) is 20.6. The van der Waals surface area contributed by atoms with Gasteiger partial charge in [0.2, 0.25) is 0 Å². The van der Waals surface area contributed by atoms with Crippen molar-refractivity contribution >= 4 is 51.2 Å². The van der Waals surface area contributed by atoms with Gasteiger partial charge in [-0.3, -0.25) is 9.97 Å². The van der Waals surface area contributed by atoms with Crippen LogP contribution in [-0.2, 0) is 0 Å². The summed E-state index contributed by atoms with van der Waals surface area (Å²) >= 11 is 0. The molecule has 3 heterocycles. The van der Waals surface area contributed by atoms with Crippen LogP contribution >= 0.6 is 0 Å². The lowest BCUT2D eigenvalue weighted by atomic mass is 9.89. The Morgan fingerprint density at radius 2 is 0.706 bits per heavy atom. The summed E-state index contributed by atoms with van der Waals surface area (Å²) in [5.41, 5.74) is 11.6. The van der Waals surface area contributed by atoms with Crippen molar-refractivity contribution in [1.29, 1.82) is 0 Å². The van der Waals surface area contributed by atoms with Gasteiger partial charge in [0.25, 0.3) is 0 Å². The second-order valence-corrected chi connectivity index (χ2v) is 18.1. The highest BCUT2D eigenvalue weighted by molar-refractivity contribution is 7.13. The summed E-state index contributed by atoms with van der Waals surface area (Å²) in [6, 6.07) is 61.0. The summed E-state index contributed by atoms with van der Waals surface area (Å²) in [7, 11) is -2.36. The second-order valence-electron chi connectivity index (χ2n) is 13.8. The lowest BCUT2D eigenvalue weighted by Gasteiger charge is -2.26. The van der Waals surface area contributed by atoms with E-state index in [9.17, 15) is 0 Å². The van der Waals surface area contributed by atoms with Crippen LogP contribution in [0, 0.1) is 0 Å². The molecular weight excluding hydrogens is 633 g/mol. The molecule has 9 rings (SSSR count). The number of rotatable bonds is 6. The lowest BCUT2D eigenvalue weighted by Crippen LogP contribution is -2.28. The third-order valence-electron chi connectivity index (χ3n) is 10.3. The smallest absolute Gasteiger partial charge is 0.115 e. The van der Waals surface area contributed by atoms with Crippen molar-refractivity contribution < 1.29 is 0 Å². The van der Waals surface area contributed by atoms with E-state index in [2.05, 4.69) is 195 Å². The Hall–Kier alpha value is -6.16. The van der Waals surface area contributed by atoms with Gasteiger partial charge in [0, 0.05) is 23.5 Å². The molecule has 242 valence electrons. The van der Waals surface area contributed by atoms with Crippen LogP contribution in [-0.4, -0.2) is 18.0 Å². The minimum absolute atomic E-state index is 0.980. The Balaban J connectivity index is 1.20. The van der Waals surface area contributed by atoms with E-state index in [4.69, 9.17) is 9.97 Å². The van der Waals surface area contributed by atoms with Gasteiger partial charge in [0.15, 0.2) is 0 Å². The molecule has 1 aliphatic rings. The summed E-state index contributed by atoms with van der Waals surface area (Å²) in [5.74, 6) is 0. The molecule has 3 heteroatoms. The summed E-state index contributed by atoms with van der Waals surface area (Å²) in [4.78, 5) is 10.2. The quantitative estimate of drug-likeness (QED) is 0.165. The summed E-state index contributed by atoms with van der Waals surface area (Å²) < 4.78 is 0. The average Bonchev–Trinajstić information content (AvgIpc) is 3.45. The molecule has 6 aromatic carbocycles. The van der Waals surface area contributed by atoms with Gasteiger partial charge in [-0.2, -0.15) is 0 Å². The number of hydrogen-bond donors (Lipinski definition) is 0. The standard InChI is InChI=1S/C48H36N2Si/c1-51(2)47(41-25-27-43(49-31-41)39-23-21-33-13-9-11-19-37(33)29-39)45(35-15-5-3-6-16-35)46(36-17-7-4-8-18-36)48(51)42-26-28-44(50-32-42)40-24-22-34-14-10-12-20-38(34)30-40/h3-32H,1-2H3. The van der Waals surface area contributed by atoms with Gasteiger partial charge in [0.05, 0.1) is 11.4 Å². The summed E-state index contributed by atoms with van der Waals surface area (Å²) in [6.07, 6.45) is 4.20. The minimum atomic E-state index is -2.36. The van der Waals surface area contributed by atoms with Crippen LogP contribution in [0.3, 0.4) is 0 Å². The fourth-order valence-electron chi connectivity index (χ4n) is 7.92. The van der Waals surface area contributed by atoms with Gasteiger partial charge >= 0.3 is 0 Å². The van der Waals surface area contributed by atoms with E-state index in [1.807, 2.05) is 0 Å². The van der Waals surface area contributed by atoms with Gasteiger partial charge in [-0.1, -0.05) is 159 Å². The Bertz CT molecular complexity index is 2430. The number of hydrogen-bond acceptors (Lipinski definition) is 2.